The van der Waals surface area contributed by atoms with Crippen LogP contribution in [0.5, 0.6) is 0 Å². The maximum atomic E-state index is 6.12. The van der Waals surface area contributed by atoms with Crippen molar-refractivity contribution in [3.63, 3.8) is 0 Å². The van der Waals surface area contributed by atoms with E-state index in [1.54, 1.807) is 0 Å². The van der Waals surface area contributed by atoms with Gasteiger partial charge in [0.15, 0.2) is 3.79 Å². The molecule has 0 saturated heterocycles. The van der Waals surface area contributed by atoms with E-state index in [4.69, 9.17) is 46.4 Å². The number of aromatic amines is 1. The predicted molar refractivity (Wildman–Crippen MR) is 69.6 cm³/mol. The maximum Gasteiger partial charge on any atom is 0.192 e. The summed E-state index contributed by atoms with van der Waals surface area (Å²) >= 11 is 23.2. The van der Waals surface area contributed by atoms with Crippen LogP contribution in [0.1, 0.15) is 17.6 Å². The van der Waals surface area contributed by atoms with Crippen LogP contribution in [0.2, 0.25) is 0 Å². The number of aromatic nitrogens is 2. The van der Waals surface area contributed by atoms with Gasteiger partial charge in [-0.05, 0) is 12.1 Å². The molecule has 0 spiro atoms. The first-order valence-electron chi connectivity index (χ1n) is 4.61. The number of H-pyrrole nitrogens is 1. The topological polar surface area (TPSA) is 28.7 Å². The van der Waals surface area contributed by atoms with Crippen molar-refractivity contribution in [3.8, 4) is 0 Å². The number of nitrogens with one attached hydrogen (secondary N) is 1. The van der Waals surface area contributed by atoms with E-state index < -0.39 is 9.17 Å². The highest BCUT2D eigenvalue weighted by Gasteiger charge is 2.26. The third-order valence-corrected chi connectivity index (χ3v) is 2.94. The molecule has 0 unspecified atom stereocenters. The fourth-order valence-corrected chi connectivity index (χ4v) is 2.46. The van der Waals surface area contributed by atoms with Gasteiger partial charge in [-0.15, -0.1) is 11.6 Å². The van der Waals surface area contributed by atoms with Crippen molar-refractivity contribution in [2.24, 2.45) is 0 Å². The molecule has 0 amide bonds. The summed E-state index contributed by atoms with van der Waals surface area (Å²) in [7, 11) is 0. The van der Waals surface area contributed by atoms with Crippen LogP contribution in [0.3, 0.4) is 0 Å². The van der Waals surface area contributed by atoms with Gasteiger partial charge in [-0.3, -0.25) is 0 Å². The molecule has 0 aliphatic rings. The van der Waals surface area contributed by atoms with Crippen LogP contribution < -0.4 is 0 Å². The molecule has 1 atom stereocenters. The van der Waals surface area contributed by atoms with Gasteiger partial charge in [-0.2, -0.15) is 0 Å². The number of alkyl halides is 4. The molecule has 16 heavy (non-hydrogen) atoms. The van der Waals surface area contributed by atoms with E-state index >= 15 is 0 Å². The summed E-state index contributed by atoms with van der Waals surface area (Å²) in [5, 5.41) is -0.445. The zero-order valence-corrected chi connectivity index (χ0v) is 11.1. The molecular formula is C10H8Cl4N2. The van der Waals surface area contributed by atoms with Gasteiger partial charge >= 0.3 is 0 Å². The minimum absolute atomic E-state index is 0.207. The van der Waals surface area contributed by atoms with Crippen molar-refractivity contribution in [2.45, 2.75) is 15.6 Å². The zero-order chi connectivity index (χ0) is 11.8. The summed E-state index contributed by atoms with van der Waals surface area (Å²) in [4.78, 5) is 7.43. The van der Waals surface area contributed by atoms with Crippen LogP contribution in [0, 0.1) is 0 Å². The number of halogens is 4. The third-order valence-electron chi connectivity index (χ3n) is 2.12. The first kappa shape index (κ1) is 12.3. The molecule has 0 radical (unpaired) electrons. The van der Waals surface area contributed by atoms with Gasteiger partial charge in [-0.25, -0.2) is 4.98 Å². The van der Waals surface area contributed by atoms with Crippen LogP contribution in [-0.2, 0) is 0 Å². The van der Waals surface area contributed by atoms with Gasteiger partial charge in [0.1, 0.15) is 5.82 Å². The number of para-hydroxylation sites is 2. The average molecular weight is 298 g/mol. The Balaban J connectivity index is 2.26. The van der Waals surface area contributed by atoms with E-state index in [0.29, 0.717) is 5.82 Å². The van der Waals surface area contributed by atoms with Crippen molar-refractivity contribution in [2.75, 3.05) is 0 Å². The first-order valence-corrected chi connectivity index (χ1v) is 6.18. The number of rotatable bonds is 2. The van der Waals surface area contributed by atoms with E-state index in [1.807, 2.05) is 24.3 Å². The number of nitrogens with zero attached hydrogens (tertiary/aromatic N) is 1. The van der Waals surface area contributed by atoms with Crippen molar-refractivity contribution < 1.29 is 0 Å². The summed E-state index contributed by atoms with van der Waals surface area (Å²) < 4.78 is -1.37. The predicted octanol–water partition coefficient (Wildman–Crippen LogP) is 4.60. The number of imidazole rings is 1. The molecule has 1 aromatic heterocycles. The van der Waals surface area contributed by atoms with Crippen LogP contribution >= 0.6 is 46.4 Å². The van der Waals surface area contributed by atoms with E-state index in [9.17, 15) is 0 Å². The Morgan fingerprint density at radius 1 is 1.25 bits per heavy atom. The van der Waals surface area contributed by atoms with E-state index in [2.05, 4.69) is 9.97 Å². The Morgan fingerprint density at radius 2 is 1.94 bits per heavy atom. The summed E-state index contributed by atoms with van der Waals surface area (Å²) in [6, 6.07) is 7.65. The second-order valence-electron chi connectivity index (χ2n) is 3.43. The lowest BCUT2D eigenvalue weighted by molar-refractivity contribution is 0.779. The SMILES string of the molecule is Cl[C@@H](CC(Cl)(Cl)Cl)c1nc2ccccc2[nH]1. The highest BCUT2D eigenvalue weighted by molar-refractivity contribution is 6.67. The Bertz CT molecular complexity index is 456. The van der Waals surface area contributed by atoms with Gasteiger partial charge < -0.3 is 4.98 Å². The lowest BCUT2D eigenvalue weighted by Gasteiger charge is -2.13. The molecule has 1 heterocycles. The van der Waals surface area contributed by atoms with E-state index in [-0.39, 0.29) is 6.42 Å². The minimum atomic E-state index is -1.37. The Labute approximate surface area is 113 Å². The molecule has 0 fully saturated rings. The van der Waals surface area contributed by atoms with Gasteiger partial charge in [0, 0.05) is 6.42 Å². The molecule has 86 valence electrons. The summed E-state index contributed by atoms with van der Waals surface area (Å²) in [5.74, 6) is 0.620. The van der Waals surface area contributed by atoms with Crippen molar-refractivity contribution >= 4 is 57.4 Å². The molecule has 0 aliphatic carbocycles. The van der Waals surface area contributed by atoms with E-state index in [1.165, 1.54) is 0 Å². The quantitative estimate of drug-likeness (QED) is 0.806. The van der Waals surface area contributed by atoms with Gasteiger partial charge in [0.25, 0.3) is 0 Å². The largest absolute Gasteiger partial charge is 0.341 e. The van der Waals surface area contributed by atoms with Crippen molar-refractivity contribution in [1.82, 2.24) is 9.97 Å². The fraction of sp³-hybridized carbons (Fsp3) is 0.300. The molecule has 1 N–H and O–H groups in total. The van der Waals surface area contributed by atoms with Crippen LogP contribution in [0.25, 0.3) is 11.0 Å². The minimum Gasteiger partial charge on any atom is -0.341 e. The van der Waals surface area contributed by atoms with Gasteiger partial charge in [0.2, 0.25) is 0 Å². The Kier molecular flexibility index (Phi) is 3.55. The maximum absolute atomic E-state index is 6.12. The molecule has 2 aromatic rings. The highest BCUT2D eigenvalue weighted by Crippen LogP contribution is 2.38. The molecule has 1 aromatic carbocycles. The summed E-state index contributed by atoms with van der Waals surface area (Å²) in [6.07, 6.45) is 0.207. The van der Waals surface area contributed by atoms with Crippen LogP contribution in [-0.4, -0.2) is 13.8 Å². The second-order valence-corrected chi connectivity index (χ2v) is 6.47. The van der Waals surface area contributed by atoms with Gasteiger partial charge in [0.05, 0.1) is 16.4 Å². The van der Waals surface area contributed by atoms with E-state index in [0.717, 1.165) is 11.0 Å². The third kappa shape index (κ3) is 2.95. The highest BCUT2D eigenvalue weighted by atomic mass is 35.6. The average Bonchev–Trinajstić information content (AvgIpc) is 2.58. The molecule has 0 saturated carbocycles. The monoisotopic (exact) mass is 296 g/mol. The smallest absolute Gasteiger partial charge is 0.192 e. The standard InChI is InChI=1S/C10H8Cl4N2/c11-6(5-10(12,13)14)9-15-7-3-1-2-4-8(7)16-9/h1-4,6H,5H2,(H,15,16)/t6-/m0/s1. The van der Waals surface area contributed by atoms with Gasteiger partial charge in [-0.1, -0.05) is 46.9 Å². The molecular weight excluding hydrogens is 290 g/mol. The number of benzene rings is 1. The molecule has 2 nitrogen and oxygen atoms in total. The Hall–Kier alpha value is -0.150. The number of fused-ring (bicyclic) bond motifs is 1. The zero-order valence-electron chi connectivity index (χ0n) is 8.05. The van der Waals surface area contributed by atoms with Crippen molar-refractivity contribution in [3.05, 3.63) is 30.1 Å². The fourth-order valence-electron chi connectivity index (χ4n) is 1.42. The molecule has 2 rings (SSSR count). The summed E-state index contributed by atoms with van der Waals surface area (Å²) in [6.45, 7) is 0. The molecule has 0 bridgehead atoms. The summed E-state index contributed by atoms with van der Waals surface area (Å²) in [5.41, 5.74) is 1.78. The van der Waals surface area contributed by atoms with Crippen molar-refractivity contribution in [1.29, 1.82) is 0 Å². The van der Waals surface area contributed by atoms with Crippen LogP contribution in [0.4, 0.5) is 0 Å². The first-order chi connectivity index (χ1) is 7.46. The molecule has 6 heteroatoms. The lowest BCUT2D eigenvalue weighted by atomic mass is 10.3. The normalized spacial score (nSPS) is 14.2. The lowest BCUT2D eigenvalue weighted by Crippen LogP contribution is -2.07. The Morgan fingerprint density at radius 3 is 2.56 bits per heavy atom. The number of hydrogen-bond acceptors (Lipinski definition) is 1. The second kappa shape index (κ2) is 4.61. The number of hydrogen-bond donors (Lipinski definition) is 1. The van der Waals surface area contributed by atoms with Crippen LogP contribution in [0.15, 0.2) is 24.3 Å². The molecule has 0 aliphatic heterocycles.